The van der Waals surface area contributed by atoms with Gasteiger partial charge in [0.25, 0.3) is 5.91 Å². The fourth-order valence-electron chi connectivity index (χ4n) is 2.59. The number of nitrogens with one attached hydrogen (secondary N) is 1. The van der Waals surface area contributed by atoms with E-state index in [-0.39, 0.29) is 5.91 Å². The van der Waals surface area contributed by atoms with Crippen LogP contribution in [0.2, 0.25) is 0 Å². The third-order valence-electron chi connectivity index (χ3n) is 4.13. The van der Waals surface area contributed by atoms with E-state index in [1.807, 2.05) is 31.2 Å². The van der Waals surface area contributed by atoms with Crippen LogP contribution in [0.5, 0.6) is 0 Å². The van der Waals surface area contributed by atoms with Gasteiger partial charge < -0.3 is 9.73 Å². The summed E-state index contributed by atoms with van der Waals surface area (Å²) >= 11 is 0. The second-order valence-corrected chi connectivity index (χ2v) is 6.28. The topological polar surface area (TPSA) is 55.1 Å². The molecule has 4 nitrogen and oxygen atoms in total. The molecule has 0 radical (unpaired) electrons. The monoisotopic (exact) mass is 334 g/mol. The molecule has 4 heteroatoms. The van der Waals surface area contributed by atoms with E-state index in [0.29, 0.717) is 23.9 Å². The van der Waals surface area contributed by atoms with Crippen LogP contribution < -0.4 is 5.32 Å². The maximum Gasteiger partial charge on any atom is 0.273 e. The van der Waals surface area contributed by atoms with E-state index in [0.717, 1.165) is 12.0 Å². The summed E-state index contributed by atoms with van der Waals surface area (Å²) < 4.78 is 5.67. The molecule has 0 aliphatic carbocycles. The van der Waals surface area contributed by atoms with E-state index >= 15 is 0 Å². The molecule has 0 bridgehead atoms. The highest BCUT2D eigenvalue weighted by Gasteiger charge is 2.17. The number of rotatable bonds is 5. The second kappa shape index (κ2) is 7.34. The van der Waals surface area contributed by atoms with Crippen molar-refractivity contribution in [3.8, 4) is 11.5 Å². The van der Waals surface area contributed by atoms with Crippen LogP contribution in [-0.2, 0) is 6.42 Å². The Kier molecular flexibility index (Phi) is 4.98. The highest BCUT2D eigenvalue weighted by Crippen LogP contribution is 2.22. The molecule has 0 unspecified atom stereocenters. The number of hydrogen-bond donors (Lipinski definition) is 1. The van der Waals surface area contributed by atoms with Crippen molar-refractivity contribution < 1.29 is 9.21 Å². The predicted octanol–water partition coefficient (Wildman–Crippen LogP) is 4.24. The molecule has 0 atom stereocenters. The Balaban J connectivity index is 1.64. The largest absolute Gasteiger partial charge is 0.441 e. The smallest absolute Gasteiger partial charge is 0.273 e. The van der Waals surface area contributed by atoms with Gasteiger partial charge in [-0.2, -0.15) is 0 Å². The summed E-state index contributed by atoms with van der Waals surface area (Å²) in [5.41, 5.74) is 4.81. The molecular formula is C21H22N2O2. The Bertz CT molecular complexity index is 862. The Hall–Kier alpha value is -2.88. The molecular weight excluding hydrogens is 312 g/mol. The molecule has 0 spiro atoms. The Morgan fingerprint density at radius 2 is 1.56 bits per heavy atom. The standard InChI is InChI=1S/C21H22N2O2/c1-14-4-8-17(9-5-14)12-13-22-20(24)19-16(3)25-21(23-19)18-10-6-15(2)7-11-18/h4-11H,12-13H2,1-3H3,(H,22,24). The number of hydrogen-bond acceptors (Lipinski definition) is 3. The highest BCUT2D eigenvalue weighted by molar-refractivity contribution is 5.93. The van der Waals surface area contributed by atoms with Gasteiger partial charge in [0.1, 0.15) is 5.76 Å². The lowest BCUT2D eigenvalue weighted by atomic mass is 10.1. The molecule has 128 valence electrons. The maximum atomic E-state index is 12.4. The van der Waals surface area contributed by atoms with Gasteiger partial charge in [0.15, 0.2) is 5.69 Å². The summed E-state index contributed by atoms with van der Waals surface area (Å²) in [6.07, 6.45) is 0.785. The zero-order chi connectivity index (χ0) is 17.8. The summed E-state index contributed by atoms with van der Waals surface area (Å²) in [4.78, 5) is 16.7. The minimum Gasteiger partial charge on any atom is -0.441 e. The number of benzene rings is 2. The van der Waals surface area contributed by atoms with Crippen LogP contribution in [0.4, 0.5) is 0 Å². The third-order valence-corrected chi connectivity index (χ3v) is 4.13. The highest BCUT2D eigenvalue weighted by atomic mass is 16.4. The number of aromatic nitrogens is 1. The summed E-state index contributed by atoms with van der Waals surface area (Å²) in [5, 5.41) is 2.92. The van der Waals surface area contributed by atoms with Gasteiger partial charge in [-0.25, -0.2) is 4.98 Å². The minimum absolute atomic E-state index is 0.202. The van der Waals surface area contributed by atoms with Crippen molar-refractivity contribution in [2.45, 2.75) is 27.2 Å². The average Bonchev–Trinajstić information content (AvgIpc) is 2.99. The molecule has 0 saturated heterocycles. The third kappa shape index (κ3) is 4.15. The molecule has 0 aliphatic rings. The van der Waals surface area contributed by atoms with E-state index < -0.39 is 0 Å². The van der Waals surface area contributed by atoms with Gasteiger partial charge in [0, 0.05) is 12.1 Å². The van der Waals surface area contributed by atoms with Crippen molar-refractivity contribution in [2.75, 3.05) is 6.54 Å². The summed E-state index contributed by atoms with van der Waals surface area (Å²) in [5.74, 6) is 0.802. The lowest BCUT2D eigenvalue weighted by Gasteiger charge is -2.04. The molecule has 1 aromatic heterocycles. The van der Waals surface area contributed by atoms with E-state index in [1.54, 1.807) is 6.92 Å². The van der Waals surface area contributed by atoms with Gasteiger partial charge in [-0.1, -0.05) is 47.5 Å². The number of carbonyl (C=O) groups excluding carboxylic acids is 1. The van der Waals surface area contributed by atoms with Crippen LogP contribution in [0.25, 0.3) is 11.5 Å². The maximum absolute atomic E-state index is 12.4. The molecule has 0 saturated carbocycles. The Morgan fingerprint density at radius 3 is 2.20 bits per heavy atom. The van der Waals surface area contributed by atoms with Crippen molar-refractivity contribution in [1.82, 2.24) is 10.3 Å². The fraction of sp³-hybridized carbons (Fsp3) is 0.238. The first-order valence-corrected chi connectivity index (χ1v) is 8.41. The molecule has 3 aromatic rings. The van der Waals surface area contributed by atoms with Crippen LogP contribution in [0.1, 0.15) is 32.9 Å². The number of carbonyl (C=O) groups is 1. The second-order valence-electron chi connectivity index (χ2n) is 6.28. The zero-order valence-electron chi connectivity index (χ0n) is 14.8. The van der Waals surface area contributed by atoms with Crippen molar-refractivity contribution in [3.05, 3.63) is 76.7 Å². The van der Waals surface area contributed by atoms with Crippen LogP contribution in [0.3, 0.4) is 0 Å². The van der Waals surface area contributed by atoms with Crippen LogP contribution in [0, 0.1) is 20.8 Å². The summed E-state index contributed by atoms with van der Waals surface area (Å²) in [7, 11) is 0. The van der Waals surface area contributed by atoms with Gasteiger partial charge in [0.05, 0.1) is 0 Å². The van der Waals surface area contributed by atoms with Crippen molar-refractivity contribution in [1.29, 1.82) is 0 Å². The number of oxazole rings is 1. The Labute approximate surface area is 147 Å². The average molecular weight is 334 g/mol. The van der Waals surface area contributed by atoms with Crippen LogP contribution in [-0.4, -0.2) is 17.4 Å². The van der Waals surface area contributed by atoms with Gasteiger partial charge >= 0.3 is 0 Å². The van der Waals surface area contributed by atoms with E-state index in [9.17, 15) is 4.79 Å². The van der Waals surface area contributed by atoms with Crippen LogP contribution >= 0.6 is 0 Å². The number of nitrogens with zero attached hydrogens (tertiary/aromatic N) is 1. The SMILES string of the molecule is Cc1ccc(CCNC(=O)c2nc(-c3ccc(C)cc3)oc2C)cc1. The molecule has 2 aromatic carbocycles. The first-order chi connectivity index (χ1) is 12.0. The predicted molar refractivity (Wildman–Crippen MR) is 98.6 cm³/mol. The first kappa shape index (κ1) is 17.0. The van der Waals surface area contributed by atoms with Gasteiger partial charge in [-0.05, 0) is 44.9 Å². The molecule has 1 amide bonds. The first-order valence-electron chi connectivity index (χ1n) is 8.41. The van der Waals surface area contributed by atoms with Gasteiger partial charge in [-0.15, -0.1) is 0 Å². The molecule has 25 heavy (non-hydrogen) atoms. The normalized spacial score (nSPS) is 10.7. The molecule has 1 N–H and O–H groups in total. The van der Waals surface area contributed by atoms with E-state index in [1.165, 1.54) is 16.7 Å². The zero-order valence-corrected chi connectivity index (χ0v) is 14.8. The van der Waals surface area contributed by atoms with Crippen molar-refractivity contribution in [3.63, 3.8) is 0 Å². The quantitative estimate of drug-likeness (QED) is 0.759. The molecule has 0 fully saturated rings. The summed E-state index contributed by atoms with van der Waals surface area (Å²) in [6, 6.07) is 16.2. The van der Waals surface area contributed by atoms with Crippen molar-refractivity contribution >= 4 is 5.91 Å². The Morgan fingerprint density at radius 1 is 0.960 bits per heavy atom. The summed E-state index contributed by atoms with van der Waals surface area (Å²) in [6.45, 7) is 6.41. The van der Waals surface area contributed by atoms with Crippen LogP contribution in [0.15, 0.2) is 52.9 Å². The van der Waals surface area contributed by atoms with Gasteiger partial charge in [0.2, 0.25) is 5.89 Å². The van der Waals surface area contributed by atoms with E-state index in [4.69, 9.17) is 4.42 Å². The number of amides is 1. The fourth-order valence-corrected chi connectivity index (χ4v) is 2.59. The van der Waals surface area contributed by atoms with Crippen molar-refractivity contribution in [2.24, 2.45) is 0 Å². The minimum atomic E-state index is -0.202. The van der Waals surface area contributed by atoms with E-state index in [2.05, 4.69) is 41.5 Å². The number of aryl methyl sites for hydroxylation is 3. The molecule has 1 heterocycles. The molecule has 0 aliphatic heterocycles. The lowest BCUT2D eigenvalue weighted by Crippen LogP contribution is -2.26. The lowest BCUT2D eigenvalue weighted by molar-refractivity contribution is 0.0948. The van der Waals surface area contributed by atoms with Gasteiger partial charge in [-0.3, -0.25) is 4.79 Å². The molecule has 3 rings (SSSR count).